The molecule has 7 heteroatoms. The molecule has 0 spiro atoms. The molecule has 0 aromatic rings. The average Bonchev–Trinajstić information content (AvgIpc) is 2.51. The van der Waals surface area contributed by atoms with E-state index in [1.165, 1.54) is 4.90 Å². The number of hydrogen-bond acceptors (Lipinski definition) is 4. The first-order valence-corrected chi connectivity index (χ1v) is 4.23. The van der Waals surface area contributed by atoms with Crippen LogP contribution in [0.2, 0.25) is 0 Å². The summed E-state index contributed by atoms with van der Waals surface area (Å²) in [5.41, 5.74) is 7.61. The Morgan fingerprint density at radius 3 is 2.86 bits per heavy atom. The van der Waals surface area contributed by atoms with E-state index in [-0.39, 0.29) is 6.04 Å². The van der Waals surface area contributed by atoms with Crippen molar-refractivity contribution in [1.82, 2.24) is 10.4 Å². The molecule has 0 radical (unpaired) electrons. The lowest BCUT2D eigenvalue weighted by Gasteiger charge is -2.15. The molecule has 0 aromatic carbocycles. The predicted molar refractivity (Wildman–Crippen MR) is 46.3 cm³/mol. The number of carbonyl (C=O) groups excluding carboxylic acids is 1. The molecule has 14 heavy (non-hydrogen) atoms. The maximum atomic E-state index is 11.2. The van der Waals surface area contributed by atoms with Gasteiger partial charge in [0, 0.05) is 19.1 Å². The van der Waals surface area contributed by atoms with Crippen LogP contribution < -0.4 is 11.2 Å². The largest absolute Gasteiger partial charge is 0.479 e. The van der Waals surface area contributed by atoms with Gasteiger partial charge in [-0.25, -0.2) is 15.1 Å². The number of likely N-dealkylation sites (tertiary alicyclic amines) is 1. The van der Waals surface area contributed by atoms with E-state index in [4.69, 9.17) is 10.8 Å². The molecule has 1 saturated heterocycles. The third kappa shape index (κ3) is 3.19. The standard InChI is InChI=1S/C7H13N3O4/c8-5-1-2-10(3-5)7(13)9-14-4-6(11)12/h5H,1-4,8H2,(H,9,13)(H,11,12). The van der Waals surface area contributed by atoms with Gasteiger partial charge >= 0.3 is 12.0 Å². The monoisotopic (exact) mass is 203 g/mol. The molecule has 0 aromatic heterocycles. The molecule has 0 aliphatic carbocycles. The molecule has 1 atom stereocenters. The maximum absolute atomic E-state index is 11.2. The van der Waals surface area contributed by atoms with Crippen LogP contribution in [0, 0.1) is 0 Å². The van der Waals surface area contributed by atoms with Crippen molar-refractivity contribution in [3.05, 3.63) is 0 Å². The Kier molecular flexibility index (Phi) is 3.66. The summed E-state index contributed by atoms with van der Waals surface area (Å²) in [4.78, 5) is 27.2. The minimum atomic E-state index is -1.14. The molecule has 2 amide bonds. The molecule has 0 bridgehead atoms. The Bertz CT molecular complexity index is 233. The summed E-state index contributed by atoms with van der Waals surface area (Å²) in [6.45, 7) is 0.497. The lowest BCUT2D eigenvalue weighted by atomic mass is 10.3. The van der Waals surface area contributed by atoms with E-state index in [1.807, 2.05) is 5.48 Å². The van der Waals surface area contributed by atoms with Crippen molar-refractivity contribution in [2.45, 2.75) is 12.5 Å². The number of carboxylic acid groups (broad SMARTS) is 1. The lowest BCUT2D eigenvalue weighted by molar-refractivity contribution is -0.144. The van der Waals surface area contributed by atoms with Crippen LogP contribution >= 0.6 is 0 Å². The number of nitrogens with two attached hydrogens (primary N) is 1. The van der Waals surface area contributed by atoms with E-state index in [1.54, 1.807) is 0 Å². The van der Waals surface area contributed by atoms with Gasteiger partial charge in [0.2, 0.25) is 0 Å². The Morgan fingerprint density at radius 1 is 1.64 bits per heavy atom. The van der Waals surface area contributed by atoms with Crippen molar-refractivity contribution in [3.8, 4) is 0 Å². The second-order valence-corrected chi connectivity index (χ2v) is 3.08. The van der Waals surface area contributed by atoms with Crippen LogP contribution in [0.5, 0.6) is 0 Å². The normalized spacial score (nSPS) is 20.9. The minimum Gasteiger partial charge on any atom is -0.479 e. The second kappa shape index (κ2) is 4.77. The number of nitrogens with zero attached hydrogens (tertiary/aromatic N) is 1. The SMILES string of the molecule is NC1CCN(C(=O)NOCC(=O)O)C1. The number of carboxylic acids is 1. The van der Waals surface area contributed by atoms with Crippen molar-refractivity contribution in [1.29, 1.82) is 0 Å². The molecule has 1 heterocycles. The van der Waals surface area contributed by atoms with Gasteiger partial charge in [-0.2, -0.15) is 0 Å². The quantitative estimate of drug-likeness (QED) is 0.497. The van der Waals surface area contributed by atoms with Gasteiger partial charge in [-0.3, -0.25) is 4.84 Å². The Balaban J connectivity index is 2.18. The molecule has 1 fully saturated rings. The summed E-state index contributed by atoms with van der Waals surface area (Å²) >= 11 is 0. The fourth-order valence-corrected chi connectivity index (χ4v) is 1.20. The van der Waals surface area contributed by atoms with E-state index >= 15 is 0 Å². The van der Waals surface area contributed by atoms with Crippen LogP contribution in [0.3, 0.4) is 0 Å². The molecule has 80 valence electrons. The number of hydrogen-bond donors (Lipinski definition) is 3. The van der Waals surface area contributed by atoms with E-state index < -0.39 is 18.6 Å². The first-order valence-electron chi connectivity index (χ1n) is 4.23. The van der Waals surface area contributed by atoms with Crippen LogP contribution in [0.25, 0.3) is 0 Å². The molecular weight excluding hydrogens is 190 g/mol. The van der Waals surface area contributed by atoms with E-state index in [0.717, 1.165) is 6.42 Å². The fraction of sp³-hybridized carbons (Fsp3) is 0.714. The topological polar surface area (TPSA) is 105 Å². The smallest absolute Gasteiger partial charge is 0.341 e. The number of carbonyl (C=O) groups is 2. The van der Waals surface area contributed by atoms with Crippen LogP contribution in [-0.2, 0) is 9.63 Å². The molecule has 1 aliphatic heterocycles. The van der Waals surface area contributed by atoms with Crippen LogP contribution in [0.15, 0.2) is 0 Å². The lowest BCUT2D eigenvalue weighted by Crippen LogP contribution is -2.40. The van der Waals surface area contributed by atoms with Crippen molar-refractivity contribution < 1.29 is 19.5 Å². The summed E-state index contributed by atoms with van der Waals surface area (Å²) in [5, 5.41) is 8.22. The van der Waals surface area contributed by atoms with Crippen LogP contribution in [-0.4, -0.2) is 47.7 Å². The second-order valence-electron chi connectivity index (χ2n) is 3.08. The highest BCUT2D eigenvalue weighted by Crippen LogP contribution is 2.06. The molecule has 1 unspecified atom stereocenters. The summed E-state index contributed by atoms with van der Waals surface area (Å²) in [7, 11) is 0. The highest BCUT2D eigenvalue weighted by atomic mass is 16.7. The van der Waals surface area contributed by atoms with Crippen molar-refractivity contribution in [2.75, 3.05) is 19.7 Å². The summed E-state index contributed by atoms with van der Waals surface area (Å²) in [6.07, 6.45) is 0.756. The van der Waals surface area contributed by atoms with E-state index in [0.29, 0.717) is 13.1 Å². The predicted octanol–water partition coefficient (Wildman–Crippen LogP) is -1.25. The first kappa shape index (κ1) is 10.7. The Labute approximate surface area is 80.8 Å². The molecular formula is C7H13N3O4. The molecule has 1 rings (SSSR count). The first-order chi connectivity index (χ1) is 6.59. The molecule has 4 N–H and O–H groups in total. The number of aliphatic carboxylic acids is 1. The fourth-order valence-electron chi connectivity index (χ4n) is 1.20. The Morgan fingerprint density at radius 2 is 2.36 bits per heavy atom. The highest BCUT2D eigenvalue weighted by molar-refractivity contribution is 5.74. The van der Waals surface area contributed by atoms with Gasteiger partial charge < -0.3 is 15.7 Å². The van der Waals surface area contributed by atoms with Crippen molar-refractivity contribution in [2.24, 2.45) is 5.73 Å². The van der Waals surface area contributed by atoms with Crippen LogP contribution in [0.4, 0.5) is 4.79 Å². The maximum Gasteiger partial charge on any atom is 0.341 e. The summed E-state index contributed by atoms with van der Waals surface area (Å²) < 4.78 is 0. The number of nitrogens with one attached hydrogen (secondary N) is 1. The zero-order chi connectivity index (χ0) is 10.6. The number of urea groups is 1. The van der Waals surface area contributed by atoms with Crippen molar-refractivity contribution in [3.63, 3.8) is 0 Å². The van der Waals surface area contributed by atoms with E-state index in [9.17, 15) is 9.59 Å². The van der Waals surface area contributed by atoms with Gasteiger partial charge in [0.1, 0.15) is 0 Å². The van der Waals surface area contributed by atoms with Gasteiger partial charge in [0.25, 0.3) is 0 Å². The molecule has 7 nitrogen and oxygen atoms in total. The Hall–Kier alpha value is -1.34. The number of hydroxylamine groups is 1. The van der Waals surface area contributed by atoms with Gasteiger partial charge in [-0.1, -0.05) is 0 Å². The van der Waals surface area contributed by atoms with Gasteiger partial charge in [0.15, 0.2) is 6.61 Å². The zero-order valence-electron chi connectivity index (χ0n) is 7.60. The van der Waals surface area contributed by atoms with Crippen LogP contribution in [0.1, 0.15) is 6.42 Å². The average molecular weight is 203 g/mol. The van der Waals surface area contributed by atoms with E-state index in [2.05, 4.69) is 4.84 Å². The van der Waals surface area contributed by atoms with Crippen molar-refractivity contribution >= 4 is 12.0 Å². The zero-order valence-corrected chi connectivity index (χ0v) is 7.60. The van der Waals surface area contributed by atoms with Gasteiger partial charge in [-0.15, -0.1) is 0 Å². The summed E-state index contributed by atoms with van der Waals surface area (Å²) in [6, 6.07) is -0.445. The number of amides is 2. The molecule has 1 aliphatic rings. The third-order valence-electron chi connectivity index (χ3n) is 1.87. The number of rotatable bonds is 3. The minimum absolute atomic E-state index is 0.000207. The molecule has 0 saturated carbocycles. The third-order valence-corrected chi connectivity index (χ3v) is 1.87. The highest BCUT2D eigenvalue weighted by Gasteiger charge is 2.23. The van der Waals surface area contributed by atoms with Gasteiger partial charge in [0.05, 0.1) is 0 Å². The van der Waals surface area contributed by atoms with Gasteiger partial charge in [-0.05, 0) is 6.42 Å². The summed E-state index contributed by atoms with van der Waals surface area (Å²) in [5.74, 6) is -1.14.